The van der Waals surface area contributed by atoms with Gasteiger partial charge in [0.25, 0.3) is 0 Å². The summed E-state index contributed by atoms with van der Waals surface area (Å²) in [6.45, 7) is 2.03. The molecule has 4 N–H and O–H groups in total. The Kier molecular flexibility index (Phi) is 12.9. The van der Waals surface area contributed by atoms with Gasteiger partial charge >= 0.3 is 45.1 Å². The Morgan fingerprint density at radius 2 is 1.53 bits per heavy atom. The van der Waals surface area contributed by atoms with Crippen molar-refractivity contribution in [3.63, 3.8) is 0 Å². The monoisotopic (exact) mass is 329 g/mol. The van der Waals surface area contributed by atoms with Gasteiger partial charge in [-0.05, 0) is 12.8 Å². The van der Waals surface area contributed by atoms with Gasteiger partial charge in [0.2, 0.25) is 0 Å². The van der Waals surface area contributed by atoms with Gasteiger partial charge in [0, 0.05) is 13.1 Å². The molecule has 11 heteroatoms. The van der Waals surface area contributed by atoms with Gasteiger partial charge in [0.15, 0.2) is 0 Å². The molecule has 0 fully saturated rings. The van der Waals surface area contributed by atoms with E-state index in [1.807, 2.05) is 6.92 Å². The van der Waals surface area contributed by atoms with Crippen LogP contribution in [0.3, 0.4) is 0 Å². The van der Waals surface area contributed by atoms with Crippen LogP contribution in [0.25, 0.3) is 0 Å². The first kappa shape index (κ1) is 22.5. The zero-order valence-corrected chi connectivity index (χ0v) is 12.1. The first-order valence-corrected chi connectivity index (χ1v) is 8.77. The average molecular weight is 329 g/mol. The molecular weight excluding hydrogens is 307 g/mol. The molecule has 0 aliphatic heterocycles. The summed E-state index contributed by atoms with van der Waals surface area (Å²) in [6, 6.07) is 0. The average Bonchev–Trinajstić information content (AvgIpc) is 2.18. The predicted octanol–water partition coefficient (Wildman–Crippen LogP) is 0.422. The third-order valence-electron chi connectivity index (χ3n) is 2.21. The summed E-state index contributed by atoms with van der Waals surface area (Å²) >= 11 is 0. The first-order chi connectivity index (χ1) is 8.17. The van der Waals surface area contributed by atoms with Crippen molar-refractivity contribution in [2.75, 3.05) is 19.7 Å². The van der Waals surface area contributed by atoms with Gasteiger partial charge in [-0.2, -0.15) is 0 Å². The molecule has 0 rings (SSSR count). The molecule has 0 atom stereocenters. The van der Waals surface area contributed by atoms with Crippen LogP contribution in [-0.2, 0) is 13.7 Å². The van der Waals surface area contributed by atoms with Gasteiger partial charge in [0.05, 0.1) is 6.61 Å². The standard InChI is InChI=1S/C8H21NO7P2.Na.H/c1-2-3-4-6-9(17(10,11)12)7-5-8-16-18(13,14)15;;/h2-8H2,1H3,(H2,10,11,12)(H2,13,14,15);;. The van der Waals surface area contributed by atoms with Crippen LogP contribution in [-0.4, -0.2) is 73.5 Å². The molecule has 112 valence electrons. The zero-order valence-electron chi connectivity index (χ0n) is 10.3. The Hall–Kier alpha value is 1.22. The van der Waals surface area contributed by atoms with Crippen LogP contribution in [0.15, 0.2) is 0 Å². The quantitative estimate of drug-likeness (QED) is 0.258. The maximum absolute atomic E-state index is 11.1. The Morgan fingerprint density at radius 1 is 1.00 bits per heavy atom. The van der Waals surface area contributed by atoms with E-state index in [0.29, 0.717) is 6.42 Å². The van der Waals surface area contributed by atoms with Crippen molar-refractivity contribution in [1.29, 1.82) is 0 Å². The van der Waals surface area contributed by atoms with Crippen molar-refractivity contribution in [2.45, 2.75) is 32.6 Å². The molecule has 0 saturated heterocycles. The number of unbranched alkanes of at least 4 members (excludes halogenated alkanes) is 2. The second-order valence-corrected chi connectivity index (χ2v) is 6.68. The number of hydrogen-bond donors (Lipinski definition) is 4. The molecule has 0 bridgehead atoms. The Morgan fingerprint density at radius 3 is 1.95 bits per heavy atom. The molecule has 0 aromatic rings. The van der Waals surface area contributed by atoms with E-state index < -0.39 is 15.6 Å². The second kappa shape index (κ2) is 10.9. The molecule has 0 spiro atoms. The maximum atomic E-state index is 11.1. The van der Waals surface area contributed by atoms with Crippen LogP contribution in [0, 0.1) is 0 Å². The third-order valence-corrected chi connectivity index (χ3v) is 3.86. The van der Waals surface area contributed by atoms with E-state index in [4.69, 9.17) is 19.6 Å². The van der Waals surface area contributed by atoms with E-state index >= 15 is 0 Å². The molecule has 0 aromatic heterocycles. The minimum absolute atomic E-state index is 0. The van der Waals surface area contributed by atoms with Crippen LogP contribution >= 0.6 is 15.6 Å². The van der Waals surface area contributed by atoms with E-state index in [1.54, 1.807) is 0 Å². The van der Waals surface area contributed by atoms with Gasteiger partial charge in [0.1, 0.15) is 0 Å². The van der Waals surface area contributed by atoms with Gasteiger partial charge < -0.3 is 19.6 Å². The van der Waals surface area contributed by atoms with E-state index in [2.05, 4.69) is 4.52 Å². The summed E-state index contributed by atoms with van der Waals surface area (Å²) in [5, 5.41) is 0. The molecule has 0 amide bonds. The fraction of sp³-hybridized carbons (Fsp3) is 1.00. The molecule has 0 heterocycles. The van der Waals surface area contributed by atoms with Crippen LogP contribution in [0.4, 0.5) is 0 Å². The van der Waals surface area contributed by atoms with Crippen LogP contribution in [0.5, 0.6) is 0 Å². The third kappa shape index (κ3) is 13.9. The molecule has 0 saturated carbocycles. The number of hydrogen-bond acceptors (Lipinski definition) is 3. The fourth-order valence-electron chi connectivity index (χ4n) is 1.35. The molecule has 0 radical (unpaired) electrons. The van der Waals surface area contributed by atoms with Crippen LogP contribution in [0.2, 0.25) is 0 Å². The molecule has 8 nitrogen and oxygen atoms in total. The van der Waals surface area contributed by atoms with E-state index in [0.717, 1.165) is 17.5 Å². The fourth-order valence-corrected chi connectivity index (χ4v) is 2.52. The minimum atomic E-state index is -4.50. The summed E-state index contributed by atoms with van der Waals surface area (Å²) in [5.41, 5.74) is 0. The summed E-state index contributed by atoms with van der Waals surface area (Å²) in [6.07, 6.45) is 2.62. The number of phosphoric ester groups is 1. The molecule has 0 aromatic carbocycles. The van der Waals surface area contributed by atoms with Gasteiger partial charge in [-0.25, -0.2) is 13.8 Å². The molecule has 0 aliphatic rings. The number of nitrogens with zero attached hydrogens (tertiary/aromatic N) is 1. The Labute approximate surface area is 135 Å². The van der Waals surface area contributed by atoms with Crippen molar-refractivity contribution >= 4 is 45.1 Å². The summed E-state index contributed by atoms with van der Waals surface area (Å²) in [7, 11) is -8.82. The van der Waals surface area contributed by atoms with Crippen molar-refractivity contribution in [3.8, 4) is 0 Å². The Bertz CT molecular complexity index is 318. The van der Waals surface area contributed by atoms with Gasteiger partial charge in [-0.15, -0.1) is 0 Å². The first-order valence-electron chi connectivity index (χ1n) is 5.68. The summed E-state index contributed by atoms with van der Waals surface area (Å²) in [5.74, 6) is 0. The van der Waals surface area contributed by atoms with Crippen molar-refractivity contribution in [1.82, 2.24) is 4.67 Å². The van der Waals surface area contributed by atoms with Gasteiger partial charge in [-0.3, -0.25) is 4.52 Å². The van der Waals surface area contributed by atoms with E-state index in [9.17, 15) is 9.13 Å². The topological polar surface area (TPSA) is 128 Å². The van der Waals surface area contributed by atoms with E-state index in [-0.39, 0.29) is 55.7 Å². The van der Waals surface area contributed by atoms with Crippen molar-refractivity contribution in [3.05, 3.63) is 0 Å². The second-order valence-electron chi connectivity index (χ2n) is 3.85. The van der Waals surface area contributed by atoms with Crippen molar-refractivity contribution in [2.24, 2.45) is 0 Å². The summed E-state index contributed by atoms with van der Waals surface area (Å²) < 4.78 is 26.7. The SMILES string of the molecule is CCCCCN(CCCOP(=O)(O)O)P(=O)(O)O.[NaH]. The van der Waals surface area contributed by atoms with Crippen LogP contribution in [0.1, 0.15) is 32.6 Å². The predicted molar refractivity (Wildman–Crippen MR) is 72.9 cm³/mol. The number of phosphoric acid groups is 1. The van der Waals surface area contributed by atoms with E-state index in [1.165, 1.54) is 0 Å². The number of rotatable bonds is 10. The Balaban J connectivity index is 0. The molecule has 0 aliphatic carbocycles. The summed E-state index contributed by atoms with van der Waals surface area (Å²) in [4.78, 5) is 35.0. The molecule has 19 heavy (non-hydrogen) atoms. The molecule has 0 unspecified atom stereocenters. The van der Waals surface area contributed by atoms with Crippen LogP contribution < -0.4 is 0 Å². The normalized spacial score (nSPS) is 12.5. The molecular formula is C8H22NNaO7P2. The van der Waals surface area contributed by atoms with Gasteiger partial charge in [-0.1, -0.05) is 19.8 Å². The van der Waals surface area contributed by atoms with Crippen molar-refractivity contribution < 1.29 is 33.2 Å². The zero-order chi connectivity index (χ0) is 14.2.